The minimum Gasteiger partial charge on any atom is -0.320 e. The SMILES string of the molecule is O=C1Nc2cc(S(=O)(=O)Cc3c(Cl)cccc3Cl)ccc2SC1=Cc1ccc(F)cc1. The van der Waals surface area contributed by atoms with Crippen molar-refractivity contribution < 1.29 is 17.6 Å². The Balaban J connectivity index is 1.62. The predicted molar refractivity (Wildman–Crippen MR) is 123 cm³/mol. The lowest BCUT2D eigenvalue weighted by Crippen LogP contribution is -2.18. The summed E-state index contributed by atoms with van der Waals surface area (Å²) in [5.41, 5.74) is 1.40. The smallest absolute Gasteiger partial charge is 0.262 e. The average Bonchev–Trinajstić information content (AvgIpc) is 2.72. The van der Waals surface area contributed by atoms with Crippen molar-refractivity contribution in [1.29, 1.82) is 0 Å². The zero-order valence-corrected chi connectivity index (χ0v) is 18.9. The zero-order chi connectivity index (χ0) is 22.2. The summed E-state index contributed by atoms with van der Waals surface area (Å²) in [4.78, 5) is 13.7. The lowest BCUT2D eigenvalue weighted by molar-refractivity contribution is -0.112. The number of thioether (sulfide) groups is 1. The van der Waals surface area contributed by atoms with Crippen molar-refractivity contribution in [3.05, 3.63) is 92.6 Å². The second kappa shape index (κ2) is 8.67. The number of hydrogen-bond donors (Lipinski definition) is 1. The first-order chi connectivity index (χ1) is 14.7. The van der Waals surface area contributed by atoms with Gasteiger partial charge >= 0.3 is 0 Å². The maximum Gasteiger partial charge on any atom is 0.262 e. The number of benzene rings is 3. The van der Waals surface area contributed by atoms with Gasteiger partial charge in [0, 0.05) is 20.5 Å². The molecule has 0 aliphatic carbocycles. The molecule has 1 aliphatic rings. The van der Waals surface area contributed by atoms with E-state index in [0.29, 0.717) is 26.6 Å². The van der Waals surface area contributed by atoms with Crippen LogP contribution in [0.2, 0.25) is 10.0 Å². The van der Waals surface area contributed by atoms with Gasteiger partial charge in [0.1, 0.15) is 5.82 Å². The number of hydrogen-bond acceptors (Lipinski definition) is 4. The van der Waals surface area contributed by atoms with Crippen LogP contribution in [0.4, 0.5) is 10.1 Å². The molecule has 0 saturated heterocycles. The van der Waals surface area contributed by atoms with Gasteiger partial charge < -0.3 is 5.32 Å². The van der Waals surface area contributed by atoms with Crippen molar-refractivity contribution in [2.75, 3.05) is 5.32 Å². The molecule has 0 spiro atoms. The van der Waals surface area contributed by atoms with Crippen LogP contribution in [0.15, 0.2) is 75.4 Å². The fraction of sp³-hybridized carbons (Fsp3) is 0.0455. The van der Waals surface area contributed by atoms with E-state index >= 15 is 0 Å². The van der Waals surface area contributed by atoms with E-state index < -0.39 is 9.84 Å². The number of fused-ring (bicyclic) bond motifs is 1. The summed E-state index contributed by atoms with van der Waals surface area (Å²) < 4.78 is 38.9. The highest BCUT2D eigenvalue weighted by atomic mass is 35.5. The molecule has 0 fully saturated rings. The summed E-state index contributed by atoms with van der Waals surface area (Å²) in [6, 6.07) is 15.1. The summed E-state index contributed by atoms with van der Waals surface area (Å²) in [5, 5.41) is 3.27. The Kier molecular flexibility index (Phi) is 6.12. The van der Waals surface area contributed by atoms with Gasteiger partial charge in [-0.3, -0.25) is 4.79 Å². The molecule has 1 heterocycles. The van der Waals surface area contributed by atoms with Gasteiger partial charge in [-0.15, -0.1) is 0 Å². The van der Waals surface area contributed by atoms with Crippen molar-refractivity contribution in [1.82, 2.24) is 0 Å². The van der Waals surface area contributed by atoms with Gasteiger partial charge in [0.25, 0.3) is 5.91 Å². The first-order valence-corrected chi connectivity index (χ1v) is 12.2. The first-order valence-electron chi connectivity index (χ1n) is 8.99. The Hall–Kier alpha value is -2.32. The molecule has 0 radical (unpaired) electrons. The van der Waals surface area contributed by atoms with Gasteiger partial charge in [0.15, 0.2) is 9.84 Å². The van der Waals surface area contributed by atoms with Crippen molar-refractivity contribution in [2.45, 2.75) is 15.5 Å². The van der Waals surface area contributed by atoms with E-state index in [9.17, 15) is 17.6 Å². The quantitative estimate of drug-likeness (QED) is 0.440. The minimum atomic E-state index is -3.76. The maximum absolute atomic E-state index is 13.1. The van der Waals surface area contributed by atoms with Crippen LogP contribution in [0.3, 0.4) is 0 Å². The number of sulfone groups is 1. The van der Waals surface area contributed by atoms with E-state index in [-0.39, 0.29) is 32.4 Å². The zero-order valence-electron chi connectivity index (χ0n) is 15.7. The van der Waals surface area contributed by atoms with Gasteiger partial charge in [0.05, 0.1) is 21.2 Å². The summed E-state index contributed by atoms with van der Waals surface area (Å²) in [5.74, 6) is -1.09. The van der Waals surface area contributed by atoms with E-state index in [1.165, 1.54) is 36.0 Å². The van der Waals surface area contributed by atoms with Gasteiger partial charge in [0.2, 0.25) is 0 Å². The Labute approximate surface area is 193 Å². The Bertz CT molecular complexity index is 1300. The molecule has 0 atom stereocenters. The van der Waals surface area contributed by atoms with Crippen molar-refractivity contribution in [2.24, 2.45) is 0 Å². The van der Waals surface area contributed by atoms with Crippen LogP contribution in [0.5, 0.6) is 0 Å². The van der Waals surface area contributed by atoms with E-state index in [4.69, 9.17) is 23.2 Å². The molecule has 0 unspecified atom stereocenters. The highest BCUT2D eigenvalue weighted by Crippen LogP contribution is 2.40. The number of amides is 1. The Morgan fingerprint density at radius 2 is 1.68 bits per heavy atom. The molecule has 9 heteroatoms. The van der Waals surface area contributed by atoms with E-state index in [0.717, 1.165) is 0 Å². The largest absolute Gasteiger partial charge is 0.320 e. The molecule has 4 nitrogen and oxygen atoms in total. The number of anilines is 1. The molecule has 3 aromatic rings. The topological polar surface area (TPSA) is 63.2 Å². The summed E-state index contributed by atoms with van der Waals surface area (Å²) >= 11 is 13.4. The molecular formula is C22H14Cl2FNO3S2. The Morgan fingerprint density at radius 3 is 2.35 bits per heavy atom. The number of rotatable bonds is 4. The molecule has 1 aliphatic heterocycles. The van der Waals surface area contributed by atoms with Crippen molar-refractivity contribution in [3.63, 3.8) is 0 Å². The van der Waals surface area contributed by atoms with E-state index in [1.54, 1.807) is 42.5 Å². The monoisotopic (exact) mass is 493 g/mol. The summed E-state index contributed by atoms with van der Waals surface area (Å²) in [7, 11) is -3.76. The summed E-state index contributed by atoms with van der Waals surface area (Å²) in [6.07, 6.45) is 1.65. The van der Waals surface area contributed by atoms with Crippen LogP contribution in [0.25, 0.3) is 6.08 Å². The van der Waals surface area contributed by atoms with Gasteiger partial charge in [-0.2, -0.15) is 0 Å². The highest BCUT2D eigenvalue weighted by molar-refractivity contribution is 8.04. The lowest BCUT2D eigenvalue weighted by Gasteiger charge is -2.19. The number of halogens is 3. The Morgan fingerprint density at radius 1 is 1.00 bits per heavy atom. The van der Waals surface area contributed by atoms with Gasteiger partial charge in [-0.05, 0) is 54.1 Å². The molecule has 158 valence electrons. The molecule has 1 N–H and O–H groups in total. The molecule has 1 amide bonds. The van der Waals surface area contributed by atoms with Crippen LogP contribution < -0.4 is 5.32 Å². The van der Waals surface area contributed by atoms with E-state index in [2.05, 4.69) is 5.32 Å². The van der Waals surface area contributed by atoms with Gasteiger partial charge in [-0.25, -0.2) is 12.8 Å². The van der Waals surface area contributed by atoms with Gasteiger partial charge in [-0.1, -0.05) is 53.2 Å². The van der Waals surface area contributed by atoms with Crippen LogP contribution >= 0.6 is 35.0 Å². The predicted octanol–water partition coefficient (Wildman–Crippen LogP) is 6.19. The fourth-order valence-corrected chi connectivity index (χ4v) is 6.04. The van der Waals surface area contributed by atoms with Crippen LogP contribution in [-0.4, -0.2) is 14.3 Å². The lowest BCUT2D eigenvalue weighted by atomic mass is 10.2. The summed E-state index contributed by atoms with van der Waals surface area (Å²) in [6.45, 7) is 0. The van der Waals surface area contributed by atoms with E-state index in [1.807, 2.05) is 0 Å². The third kappa shape index (κ3) is 4.80. The number of nitrogens with one attached hydrogen (secondary N) is 1. The standard InChI is InChI=1S/C22H14Cl2FNO3S2/c23-17-2-1-3-18(24)16(17)12-31(28,29)15-8-9-20-19(11-15)26-22(27)21(30-20)10-13-4-6-14(25)7-5-13/h1-11H,12H2,(H,26,27). The molecule has 0 saturated carbocycles. The highest BCUT2D eigenvalue weighted by Gasteiger charge is 2.25. The molecule has 3 aromatic carbocycles. The molecule has 0 aromatic heterocycles. The first kappa shape index (κ1) is 21.9. The number of carbonyl (C=O) groups excluding carboxylic acids is 1. The number of carbonyl (C=O) groups is 1. The third-order valence-corrected chi connectivity index (χ3v) is 8.01. The van der Waals surface area contributed by atoms with Crippen LogP contribution in [0.1, 0.15) is 11.1 Å². The second-order valence-electron chi connectivity index (χ2n) is 6.73. The van der Waals surface area contributed by atoms with Crippen LogP contribution in [-0.2, 0) is 20.4 Å². The maximum atomic E-state index is 13.1. The minimum absolute atomic E-state index is 0.0501. The molecule has 4 rings (SSSR count). The molecular weight excluding hydrogens is 480 g/mol. The normalized spacial score (nSPS) is 14.9. The molecule has 0 bridgehead atoms. The third-order valence-electron chi connectivity index (χ3n) is 4.57. The fourth-order valence-electron chi connectivity index (χ4n) is 2.99. The van der Waals surface area contributed by atoms with Crippen molar-refractivity contribution in [3.8, 4) is 0 Å². The van der Waals surface area contributed by atoms with Crippen molar-refractivity contribution >= 4 is 62.5 Å². The average molecular weight is 494 g/mol. The molecule has 31 heavy (non-hydrogen) atoms. The van der Waals surface area contributed by atoms with Crippen LogP contribution in [0, 0.1) is 5.82 Å². The second-order valence-corrected chi connectivity index (χ2v) is 10.6.